The molecular formula is C13H21N3O3S. The summed E-state index contributed by atoms with van der Waals surface area (Å²) in [5.74, 6) is -0.493. The lowest BCUT2D eigenvalue weighted by Gasteiger charge is -2.18. The number of anilines is 2. The Balaban J connectivity index is 3.27. The summed E-state index contributed by atoms with van der Waals surface area (Å²) < 4.78 is 4.68. The predicted octanol–water partition coefficient (Wildman–Crippen LogP) is 1.93. The number of amides is 1. The molecule has 1 unspecified atom stereocenters. The number of methoxy groups -OCH3 is 1. The number of hydrogen-bond acceptors (Lipinski definition) is 6. The summed E-state index contributed by atoms with van der Waals surface area (Å²) in [4.78, 5) is 23.9. The zero-order chi connectivity index (χ0) is 15.4. The molecule has 0 saturated heterocycles. The van der Waals surface area contributed by atoms with Crippen LogP contribution in [0.1, 0.15) is 40.8 Å². The number of ether oxygens (including phenoxy) is 1. The van der Waals surface area contributed by atoms with E-state index in [-0.39, 0.29) is 22.5 Å². The van der Waals surface area contributed by atoms with Gasteiger partial charge in [0.25, 0.3) is 5.91 Å². The molecule has 4 N–H and O–H groups in total. The monoisotopic (exact) mass is 299 g/mol. The summed E-state index contributed by atoms with van der Waals surface area (Å²) in [6, 6.07) is 0.141. The number of nitrogens with one attached hydrogen (secondary N) is 2. The van der Waals surface area contributed by atoms with Gasteiger partial charge in [0.1, 0.15) is 9.88 Å². The third kappa shape index (κ3) is 3.22. The van der Waals surface area contributed by atoms with Crippen molar-refractivity contribution in [3.63, 3.8) is 0 Å². The molecule has 1 amide bonds. The normalized spacial score (nSPS) is 12.1. The highest BCUT2D eigenvalue weighted by Crippen LogP contribution is 2.37. The lowest BCUT2D eigenvalue weighted by atomic mass is 10.1. The van der Waals surface area contributed by atoms with Gasteiger partial charge in [0.2, 0.25) is 0 Å². The minimum Gasteiger partial charge on any atom is -0.465 e. The summed E-state index contributed by atoms with van der Waals surface area (Å²) in [6.45, 7) is 6.14. The fraction of sp³-hybridized carbons (Fsp3) is 0.538. The average molecular weight is 299 g/mol. The molecule has 0 aromatic carbocycles. The summed E-state index contributed by atoms with van der Waals surface area (Å²) in [6.07, 6.45) is 0. The van der Waals surface area contributed by atoms with E-state index >= 15 is 0 Å². The maximum Gasteiger partial charge on any atom is 0.350 e. The number of thiophene rings is 1. The second kappa shape index (κ2) is 6.60. The van der Waals surface area contributed by atoms with Crippen LogP contribution in [0.5, 0.6) is 0 Å². The lowest BCUT2D eigenvalue weighted by Crippen LogP contribution is -2.24. The molecule has 0 aliphatic carbocycles. The molecule has 20 heavy (non-hydrogen) atoms. The van der Waals surface area contributed by atoms with Crippen LogP contribution in [0.15, 0.2) is 0 Å². The fourth-order valence-corrected chi connectivity index (χ4v) is 2.65. The first kappa shape index (κ1) is 16.3. The standard InChI is InChI=1S/C13H21N3O3S/c1-6(2)7(3)16-12-8(11(17)15-4)9(14)10(20-12)13(18)19-5/h6-7,16H,14H2,1-5H3,(H,15,17). The average Bonchev–Trinajstić information content (AvgIpc) is 2.73. The minimum absolute atomic E-state index is 0.141. The summed E-state index contributed by atoms with van der Waals surface area (Å²) in [7, 11) is 2.80. The van der Waals surface area contributed by atoms with Crippen molar-refractivity contribution >= 4 is 33.9 Å². The number of rotatable bonds is 5. The van der Waals surface area contributed by atoms with Crippen LogP contribution in [-0.2, 0) is 4.74 Å². The first-order valence-corrected chi connectivity index (χ1v) is 7.14. The maximum absolute atomic E-state index is 12.0. The van der Waals surface area contributed by atoms with Crippen LogP contribution in [0.3, 0.4) is 0 Å². The predicted molar refractivity (Wildman–Crippen MR) is 81.4 cm³/mol. The van der Waals surface area contributed by atoms with Crippen LogP contribution in [0, 0.1) is 5.92 Å². The van der Waals surface area contributed by atoms with Crippen molar-refractivity contribution < 1.29 is 14.3 Å². The largest absolute Gasteiger partial charge is 0.465 e. The van der Waals surface area contributed by atoms with Crippen LogP contribution in [0.2, 0.25) is 0 Å². The number of carbonyl (C=O) groups excluding carboxylic acids is 2. The van der Waals surface area contributed by atoms with Crippen LogP contribution in [0.4, 0.5) is 10.7 Å². The van der Waals surface area contributed by atoms with Gasteiger partial charge >= 0.3 is 5.97 Å². The van der Waals surface area contributed by atoms with E-state index in [1.54, 1.807) is 0 Å². The molecule has 112 valence electrons. The molecule has 1 aromatic heterocycles. The Morgan fingerprint density at radius 2 is 1.90 bits per heavy atom. The zero-order valence-corrected chi connectivity index (χ0v) is 13.2. The minimum atomic E-state index is -0.539. The zero-order valence-electron chi connectivity index (χ0n) is 12.4. The lowest BCUT2D eigenvalue weighted by molar-refractivity contribution is 0.0607. The van der Waals surface area contributed by atoms with Crippen molar-refractivity contribution in [1.29, 1.82) is 0 Å². The molecule has 0 aliphatic heterocycles. The summed E-state index contributed by atoms with van der Waals surface area (Å²) in [5.41, 5.74) is 6.37. The molecule has 1 atom stereocenters. The topological polar surface area (TPSA) is 93.5 Å². The van der Waals surface area contributed by atoms with Crippen LogP contribution in [0.25, 0.3) is 0 Å². The van der Waals surface area contributed by atoms with E-state index in [1.165, 1.54) is 14.2 Å². The summed E-state index contributed by atoms with van der Waals surface area (Å²) in [5, 5.41) is 6.35. The van der Waals surface area contributed by atoms with Crippen molar-refractivity contribution in [1.82, 2.24) is 5.32 Å². The molecule has 0 spiro atoms. The van der Waals surface area contributed by atoms with E-state index in [0.29, 0.717) is 16.5 Å². The second-order valence-corrected chi connectivity index (χ2v) is 5.82. The van der Waals surface area contributed by atoms with Crippen LogP contribution >= 0.6 is 11.3 Å². The van der Waals surface area contributed by atoms with Gasteiger partial charge in [-0.1, -0.05) is 13.8 Å². The third-order valence-corrected chi connectivity index (χ3v) is 4.25. The molecule has 1 heterocycles. The quantitative estimate of drug-likeness (QED) is 0.722. The molecule has 0 fully saturated rings. The molecule has 1 rings (SSSR count). The van der Waals surface area contributed by atoms with Gasteiger partial charge in [-0.25, -0.2) is 4.79 Å². The van der Waals surface area contributed by atoms with E-state index in [0.717, 1.165) is 11.3 Å². The van der Waals surface area contributed by atoms with E-state index < -0.39 is 5.97 Å². The molecule has 7 heteroatoms. The van der Waals surface area contributed by atoms with Gasteiger partial charge in [0, 0.05) is 13.1 Å². The van der Waals surface area contributed by atoms with Gasteiger partial charge in [-0.05, 0) is 12.8 Å². The molecule has 0 aliphatic rings. The highest BCUT2D eigenvalue weighted by Gasteiger charge is 2.26. The molecule has 0 radical (unpaired) electrons. The number of hydrogen-bond donors (Lipinski definition) is 3. The third-order valence-electron chi connectivity index (χ3n) is 3.13. The Kier molecular flexibility index (Phi) is 5.38. The van der Waals surface area contributed by atoms with Crippen molar-refractivity contribution in [3.8, 4) is 0 Å². The molecule has 6 nitrogen and oxygen atoms in total. The van der Waals surface area contributed by atoms with Gasteiger partial charge in [-0.2, -0.15) is 0 Å². The van der Waals surface area contributed by atoms with Gasteiger partial charge in [-0.15, -0.1) is 11.3 Å². The first-order chi connectivity index (χ1) is 9.33. The van der Waals surface area contributed by atoms with Gasteiger partial charge in [-0.3, -0.25) is 4.79 Å². The van der Waals surface area contributed by atoms with Gasteiger partial charge < -0.3 is 21.1 Å². The van der Waals surface area contributed by atoms with E-state index in [1.807, 2.05) is 6.92 Å². The van der Waals surface area contributed by atoms with Crippen molar-refractivity contribution in [2.45, 2.75) is 26.8 Å². The smallest absolute Gasteiger partial charge is 0.350 e. The highest BCUT2D eigenvalue weighted by molar-refractivity contribution is 7.19. The second-order valence-electron chi connectivity index (χ2n) is 4.80. The van der Waals surface area contributed by atoms with Gasteiger partial charge in [0.15, 0.2) is 0 Å². The Labute approximate surface area is 122 Å². The molecule has 1 aromatic rings. The first-order valence-electron chi connectivity index (χ1n) is 6.32. The van der Waals surface area contributed by atoms with E-state index in [2.05, 4.69) is 29.2 Å². The van der Waals surface area contributed by atoms with Crippen molar-refractivity contribution in [2.24, 2.45) is 5.92 Å². The van der Waals surface area contributed by atoms with Crippen LogP contribution in [-0.4, -0.2) is 32.1 Å². The Morgan fingerprint density at radius 1 is 1.30 bits per heavy atom. The van der Waals surface area contributed by atoms with E-state index in [4.69, 9.17) is 5.73 Å². The number of nitrogen functional groups attached to an aromatic ring is 1. The molecule has 0 bridgehead atoms. The summed E-state index contributed by atoms with van der Waals surface area (Å²) >= 11 is 1.14. The molecule has 0 saturated carbocycles. The number of esters is 1. The van der Waals surface area contributed by atoms with Crippen LogP contribution < -0.4 is 16.4 Å². The fourth-order valence-electron chi connectivity index (χ4n) is 1.51. The van der Waals surface area contributed by atoms with Crippen molar-refractivity contribution in [3.05, 3.63) is 10.4 Å². The Morgan fingerprint density at radius 3 is 2.35 bits per heavy atom. The molecular weight excluding hydrogens is 278 g/mol. The SMILES string of the molecule is CNC(=O)c1c(NC(C)C(C)C)sc(C(=O)OC)c1N. The Bertz CT molecular complexity index is 511. The maximum atomic E-state index is 12.0. The van der Waals surface area contributed by atoms with Gasteiger partial charge in [0.05, 0.1) is 18.4 Å². The van der Waals surface area contributed by atoms with Crippen molar-refractivity contribution in [2.75, 3.05) is 25.2 Å². The Hall–Kier alpha value is -1.76. The highest BCUT2D eigenvalue weighted by atomic mass is 32.1. The van der Waals surface area contributed by atoms with E-state index in [9.17, 15) is 9.59 Å². The number of nitrogens with two attached hydrogens (primary N) is 1. The number of carbonyl (C=O) groups is 2.